The van der Waals surface area contributed by atoms with Crippen molar-refractivity contribution in [2.24, 2.45) is 5.73 Å². The molecule has 1 atom stereocenters. The first-order chi connectivity index (χ1) is 10.2. The SMILES string of the molecule is CCc1cnc(C(C(N)=O)c2nc3ccccc3s2)nc1. The number of fused-ring (bicyclic) bond motifs is 1. The summed E-state index contributed by atoms with van der Waals surface area (Å²) in [7, 11) is 0. The lowest BCUT2D eigenvalue weighted by Gasteiger charge is -2.09. The van der Waals surface area contributed by atoms with Gasteiger partial charge < -0.3 is 5.73 Å². The van der Waals surface area contributed by atoms with Crippen LogP contribution in [0.2, 0.25) is 0 Å². The highest BCUT2D eigenvalue weighted by molar-refractivity contribution is 7.18. The molecule has 106 valence electrons. The Bertz CT molecular complexity index is 749. The minimum atomic E-state index is -0.701. The topological polar surface area (TPSA) is 81.8 Å². The standard InChI is InChI=1S/C15H14N4OS/c1-2-9-7-17-14(18-8-9)12(13(16)20)15-19-10-5-3-4-6-11(10)21-15/h3-8,12H,2H2,1H3,(H2,16,20). The van der Waals surface area contributed by atoms with E-state index in [1.54, 1.807) is 12.4 Å². The van der Waals surface area contributed by atoms with Gasteiger partial charge >= 0.3 is 0 Å². The molecule has 0 spiro atoms. The molecule has 0 bridgehead atoms. The molecule has 3 aromatic rings. The van der Waals surface area contributed by atoms with Gasteiger partial charge in [-0.15, -0.1) is 11.3 Å². The number of thiazole rings is 1. The fraction of sp³-hybridized carbons (Fsp3) is 0.200. The van der Waals surface area contributed by atoms with Gasteiger partial charge in [0.15, 0.2) is 0 Å². The van der Waals surface area contributed by atoms with Crippen molar-refractivity contribution in [1.29, 1.82) is 0 Å². The van der Waals surface area contributed by atoms with Crippen molar-refractivity contribution in [3.05, 3.63) is 53.1 Å². The van der Waals surface area contributed by atoms with E-state index in [2.05, 4.69) is 15.0 Å². The quantitative estimate of drug-likeness (QED) is 0.801. The van der Waals surface area contributed by atoms with E-state index < -0.39 is 11.8 Å². The summed E-state index contributed by atoms with van der Waals surface area (Å²) < 4.78 is 1.02. The minimum Gasteiger partial charge on any atom is -0.369 e. The molecule has 0 aliphatic rings. The molecule has 21 heavy (non-hydrogen) atoms. The number of carbonyl (C=O) groups excluding carboxylic acids is 1. The van der Waals surface area contributed by atoms with Gasteiger partial charge in [-0.3, -0.25) is 4.79 Å². The zero-order valence-electron chi connectivity index (χ0n) is 11.5. The van der Waals surface area contributed by atoms with E-state index in [1.807, 2.05) is 31.2 Å². The van der Waals surface area contributed by atoms with Crippen molar-refractivity contribution in [1.82, 2.24) is 15.0 Å². The Kier molecular flexibility index (Phi) is 3.62. The normalized spacial score (nSPS) is 12.4. The highest BCUT2D eigenvalue weighted by Gasteiger charge is 2.26. The molecule has 1 aromatic carbocycles. The summed E-state index contributed by atoms with van der Waals surface area (Å²) in [5.74, 6) is -0.787. The van der Waals surface area contributed by atoms with Crippen LogP contribution in [-0.4, -0.2) is 20.9 Å². The second-order valence-corrected chi connectivity index (χ2v) is 5.72. The summed E-state index contributed by atoms with van der Waals surface area (Å²) in [6.45, 7) is 2.03. The predicted molar refractivity (Wildman–Crippen MR) is 82.1 cm³/mol. The first kappa shape index (κ1) is 13.6. The molecule has 2 aromatic heterocycles. The maximum atomic E-state index is 11.8. The fourth-order valence-corrected chi connectivity index (χ4v) is 3.14. The largest absolute Gasteiger partial charge is 0.369 e. The van der Waals surface area contributed by atoms with Crippen molar-refractivity contribution in [2.75, 3.05) is 0 Å². The number of aryl methyl sites for hydroxylation is 1. The number of aromatic nitrogens is 3. The molecule has 0 saturated carbocycles. The van der Waals surface area contributed by atoms with E-state index >= 15 is 0 Å². The number of carbonyl (C=O) groups is 1. The first-order valence-electron chi connectivity index (χ1n) is 6.64. The number of hydrogen-bond acceptors (Lipinski definition) is 5. The maximum absolute atomic E-state index is 11.8. The molecule has 1 unspecified atom stereocenters. The van der Waals surface area contributed by atoms with Gasteiger partial charge in [0.2, 0.25) is 5.91 Å². The monoisotopic (exact) mass is 298 g/mol. The van der Waals surface area contributed by atoms with Crippen LogP contribution < -0.4 is 5.73 Å². The Morgan fingerprint density at radius 3 is 2.62 bits per heavy atom. The maximum Gasteiger partial charge on any atom is 0.235 e. The smallest absolute Gasteiger partial charge is 0.235 e. The van der Waals surface area contributed by atoms with Crippen molar-refractivity contribution < 1.29 is 4.79 Å². The molecular weight excluding hydrogens is 284 g/mol. The first-order valence-corrected chi connectivity index (χ1v) is 7.46. The van der Waals surface area contributed by atoms with E-state index in [0.29, 0.717) is 10.8 Å². The number of hydrogen-bond donors (Lipinski definition) is 1. The van der Waals surface area contributed by atoms with Gasteiger partial charge in [-0.25, -0.2) is 15.0 Å². The highest BCUT2D eigenvalue weighted by Crippen LogP contribution is 2.30. The van der Waals surface area contributed by atoms with Gasteiger partial charge in [0.25, 0.3) is 0 Å². The van der Waals surface area contributed by atoms with Crippen LogP contribution in [0, 0.1) is 0 Å². The summed E-state index contributed by atoms with van der Waals surface area (Å²) in [6.07, 6.45) is 4.31. The van der Waals surface area contributed by atoms with Gasteiger partial charge in [0.05, 0.1) is 10.2 Å². The molecule has 0 aliphatic heterocycles. The summed E-state index contributed by atoms with van der Waals surface area (Å²) in [5, 5.41) is 0.632. The van der Waals surface area contributed by atoms with E-state index in [9.17, 15) is 4.79 Å². The molecule has 0 radical (unpaired) electrons. The van der Waals surface area contributed by atoms with Gasteiger partial charge in [0.1, 0.15) is 16.7 Å². The average molecular weight is 298 g/mol. The summed E-state index contributed by atoms with van der Waals surface area (Å²) in [4.78, 5) is 24.9. The third kappa shape index (κ3) is 2.62. The molecular formula is C15H14N4OS. The molecule has 0 fully saturated rings. The number of para-hydroxylation sites is 1. The Hall–Kier alpha value is -2.34. The van der Waals surface area contributed by atoms with E-state index in [-0.39, 0.29) is 0 Å². The van der Waals surface area contributed by atoms with Crippen molar-refractivity contribution in [2.45, 2.75) is 19.3 Å². The van der Waals surface area contributed by atoms with E-state index in [4.69, 9.17) is 5.73 Å². The van der Waals surface area contributed by atoms with Gasteiger partial charge in [0, 0.05) is 12.4 Å². The minimum absolute atomic E-state index is 0.402. The second-order valence-electron chi connectivity index (χ2n) is 4.66. The van der Waals surface area contributed by atoms with Crippen molar-refractivity contribution >= 4 is 27.5 Å². The zero-order chi connectivity index (χ0) is 14.8. The van der Waals surface area contributed by atoms with E-state index in [1.165, 1.54) is 11.3 Å². The van der Waals surface area contributed by atoms with Crippen LogP contribution >= 0.6 is 11.3 Å². The molecule has 2 heterocycles. The molecule has 0 aliphatic carbocycles. The van der Waals surface area contributed by atoms with Crippen LogP contribution in [0.4, 0.5) is 0 Å². The van der Waals surface area contributed by atoms with Crippen LogP contribution in [0.1, 0.15) is 29.2 Å². The predicted octanol–water partition coefficient (Wildman–Crippen LogP) is 2.27. The molecule has 5 nitrogen and oxygen atoms in total. The lowest BCUT2D eigenvalue weighted by molar-refractivity contribution is -0.118. The molecule has 0 saturated heterocycles. The second kappa shape index (κ2) is 5.57. The van der Waals surface area contributed by atoms with Crippen LogP contribution in [-0.2, 0) is 11.2 Å². The number of nitrogens with zero attached hydrogens (tertiary/aromatic N) is 3. The summed E-state index contributed by atoms with van der Waals surface area (Å²) in [5.41, 5.74) is 7.42. The summed E-state index contributed by atoms with van der Waals surface area (Å²) in [6, 6.07) is 7.73. The van der Waals surface area contributed by atoms with E-state index in [0.717, 1.165) is 22.2 Å². The van der Waals surface area contributed by atoms with Gasteiger partial charge in [-0.05, 0) is 24.1 Å². The third-order valence-corrected chi connectivity index (χ3v) is 4.33. The molecule has 3 rings (SSSR count). The highest BCUT2D eigenvalue weighted by atomic mass is 32.1. The van der Waals surface area contributed by atoms with Gasteiger partial charge in [-0.1, -0.05) is 19.1 Å². The Morgan fingerprint density at radius 2 is 2.00 bits per heavy atom. The van der Waals surface area contributed by atoms with Crippen LogP contribution in [0.5, 0.6) is 0 Å². The average Bonchev–Trinajstić information content (AvgIpc) is 2.91. The summed E-state index contributed by atoms with van der Waals surface area (Å²) >= 11 is 1.45. The Labute approximate surface area is 125 Å². The third-order valence-electron chi connectivity index (χ3n) is 3.23. The number of rotatable bonds is 4. The zero-order valence-corrected chi connectivity index (χ0v) is 12.3. The van der Waals surface area contributed by atoms with Gasteiger partial charge in [-0.2, -0.15) is 0 Å². The Balaban J connectivity index is 2.06. The number of benzene rings is 1. The van der Waals surface area contributed by atoms with Crippen LogP contribution in [0.25, 0.3) is 10.2 Å². The number of primary amides is 1. The number of amides is 1. The lowest BCUT2D eigenvalue weighted by Crippen LogP contribution is -2.24. The van der Waals surface area contributed by atoms with Crippen LogP contribution in [0.15, 0.2) is 36.7 Å². The molecule has 1 amide bonds. The van der Waals surface area contributed by atoms with Crippen LogP contribution in [0.3, 0.4) is 0 Å². The fourth-order valence-electron chi connectivity index (χ4n) is 2.07. The number of nitrogens with two attached hydrogens (primary N) is 1. The Morgan fingerprint density at radius 1 is 1.29 bits per heavy atom. The lowest BCUT2D eigenvalue weighted by atomic mass is 10.1. The molecule has 2 N–H and O–H groups in total. The molecule has 6 heteroatoms. The van der Waals surface area contributed by atoms with Crippen molar-refractivity contribution in [3.63, 3.8) is 0 Å². The van der Waals surface area contributed by atoms with Crippen molar-refractivity contribution in [3.8, 4) is 0 Å².